The van der Waals surface area contributed by atoms with Crippen molar-refractivity contribution in [2.24, 2.45) is 23.0 Å². The first kappa shape index (κ1) is 18.7. The molecule has 0 aliphatic heterocycles. The predicted octanol–water partition coefficient (Wildman–Crippen LogP) is 1.96. The monoisotopic (exact) mass is 292 g/mol. The molecule has 0 heterocycles. The van der Waals surface area contributed by atoms with Crippen LogP contribution in [0.5, 0.6) is 0 Å². The van der Waals surface area contributed by atoms with Crippen molar-refractivity contribution in [3.05, 3.63) is 0 Å². The zero-order valence-electron chi connectivity index (χ0n) is 12.9. The molecule has 0 radical (unpaired) electrons. The van der Waals surface area contributed by atoms with E-state index >= 15 is 0 Å². The lowest BCUT2D eigenvalue weighted by Gasteiger charge is -2.56. The first-order valence-corrected chi connectivity index (χ1v) is 6.86. The highest BCUT2D eigenvalue weighted by Gasteiger charge is 2.55. The van der Waals surface area contributed by atoms with Crippen LogP contribution >= 0.6 is 12.4 Å². The lowest BCUT2D eigenvalue weighted by molar-refractivity contribution is -0.155. The van der Waals surface area contributed by atoms with E-state index in [2.05, 4.69) is 33.0 Å². The average Bonchev–Trinajstić information content (AvgIpc) is 2.33. The Morgan fingerprint density at radius 1 is 1.47 bits per heavy atom. The van der Waals surface area contributed by atoms with Crippen molar-refractivity contribution in [1.82, 2.24) is 5.32 Å². The van der Waals surface area contributed by atoms with Gasteiger partial charge in [-0.3, -0.25) is 4.79 Å². The van der Waals surface area contributed by atoms with Crippen molar-refractivity contribution in [3.63, 3.8) is 0 Å². The lowest BCUT2D eigenvalue weighted by atomic mass is 9.58. The first-order chi connectivity index (χ1) is 8.27. The van der Waals surface area contributed by atoms with Gasteiger partial charge in [0.05, 0.1) is 12.1 Å². The number of ether oxygens (including phenoxy) is 1. The standard InChI is InChI=1S/C14H28N2O2.ClH/c1-7-8(2)10(15)13(17)16-11-9(3)12(18-6)14(11,4)5;/h8-12H,7,15H2,1-6H3,(H,16,17);1H. The molecule has 0 spiro atoms. The number of carbonyl (C=O) groups excluding carboxylic acids is 1. The molecule has 3 N–H and O–H groups in total. The van der Waals surface area contributed by atoms with Gasteiger partial charge in [0.15, 0.2) is 0 Å². The van der Waals surface area contributed by atoms with Crippen molar-refractivity contribution < 1.29 is 9.53 Å². The fourth-order valence-corrected chi connectivity index (χ4v) is 3.19. The summed E-state index contributed by atoms with van der Waals surface area (Å²) in [6, 6.07) is -0.273. The van der Waals surface area contributed by atoms with Crippen LogP contribution in [0.25, 0.3) is 0 Å². The van der Waals surface area contributed by atoms with Gasteiger partial charge >= 0.3 is 0 Å². The average molecular weight is 293 g/mol. The Hall–Kier alpha value is -0.320. The molecule has 1 rings (SSSR count). The van der Waals surface area contributed by atoms with E-state index in [1.54, 1.807) is 7.11 Å². The Bertz CT molecular complexity index is 310. The molecule has 0 bridgehead atoms. The van der Waals surface area contributed by atoms with Crippen LogP contribution < -0.4 is 11.1 Å². The summed E-state index contributed by atoms with van der Waals surface area (Å²) in [7, 11) is 1.73. The Morgan fingerprint density at radius 3 is 2.37 bits per heavy atom. The third kappa shape index (κ3) is 3.41. The van der Waals surface area contributed by atoms with Crippen LogP contribution in [-0.2, 0) is 9.53 Å². The molecule has 0 aromatic heterocycles. The third-order valence-corrected chi connectivity index (χ3v) is 4.65. The van der Waals surface area contributed by atoms with Crippen LogP contribution in [0.3, 0.4) is 0 Å². The number of hydrogen-bond donors (Lipinski definition) is 2. The van der Waals surface area contributed by atoms with Crippen molar-refractivity contribution in [2.75, 3.05) is 7.11 Å². The van der Waals surface area contributed by atoms with Gasteiger partial charge in [-0.25, -0.2) is 0 Å². The van der Waals surface area contributed by atoms with Gasteiger partial charge in [0.25, 0.3) is 0 Å². The summed E-state index contributed by atoms with van der Waals surface area (Å²) in [6.07, 6.45) is 1.11. The number of methoxy groups -OCH3 is 1. The highest BCUT2D eigenvalue weighted by Crippen LogP contribution is 2.46. The van der Waals surface area contributed by atoms with E-state index in [4.69, 9.17) is 10.5 Å². The number of hydrogen-bond acceptors (Lipinski definition) is 3. The molecule has 1 aliphatic carbocycles. The Balaban J connectivity index is 0.00000324. The van der Waals surface area contributed by atoms with E-state index in [0.717, 1.165) is 6.42 Å². The van der Waals surface area contributed by atoms with E-state index in [0.29, 0.717) is 5.92 Å². The first-order valence-electron chi connectivity index (χ1n) is 6.86. The normalized spacial score (nSPS) is 31.6. The third-order valence-electron chi connectivity index (χ3n) is 4.65. The van der Waals surface area contributed by atoms with Crippen LogP contribution in [-0.4, -0.2) is 31.2 Å². The molecule has 1 amide bonds. The summed E-state index contributed by atoms with van der Waals surface area (Å²) in [5, 5.41) is 3.09. The maximum atomic E-state index is 12.1. The summed E-state index contributed by atoms with van der Waals surface area (Å²) < 4.78 is 5.47. The lowest BCUT2D eigenvalue weighted by Crippen LogP contribution is -2.69. The van der Waals surface area contributed by atoms with E-state index in [1.807, 2.05) is 6.92 Å². The highest BCUT2D eigenvalue weighted by molar-refractivity contribution is 5.85. The quantitative estimate of drug-likeness (QED) is 0.814. The topological polar surface area (TPSA) is 64.4 Å². The Morgan fingerprint density at radius 2 is 2.00 bits per heavy atom. The maximum Gasteiger partial charge on any atom is 0.237 e. The largest absolute Gasteiger partial charge is 0.380 e. The zero-order valence-corrected chi connectivity index (χ0v) is 13.7. The van der Waals surface area contributed by atoms with Gasteiger partial charge in [0, 0.05) is 24.5 Å². The van der Waals surface area contributed by atoms with E-state index in [9.17, 15) is 4.79 Å². The molecule has 114 valence electrons. The highest BCUT2D eigenvalue weighted by atomic mass is 35.5. The summed E-state index contributed by atoms with van der Waals surface area (Å²) in [6.45, 7) is 10.4. The molecule has 0 aromatic rings. The number of halogens is 1. The van der Waals surface area contributed by atoms with Crippen molar-refractivity contribution >= 4 is 18.3 Å². The molecule has 5 atom stereocenters. The minimum absolute atomic E-state index is 0. The molecule has 1 fully saturated rings. The Labute approximate surface area is 123 Å². The molecule has 1 saturated carbocycles. The van der Waals surface area contributed by atoms with Gasteiger partial charge < -0.3 is 15.8 Å². The van der Waals surface area contributed by atoms with Gasteiger partial charge in [0.2, 0.25) is 5.91 Å². The minimum atomic E-state index is -0.417. The summed E-state index contributed by atoms with van der Waals surface area (Å²) in [5.41, 5.74) is 5.93. The number of amides is 1. The van der Waals surface area contributed by atoms with Gasteiger partial charge in [-0.15, -0.1) is 12.4 Å². The van der Waals surface area contributed by atoms with Crippen molar-refractivity contribution in [2.45, 2.75) is 59.2 Å². The van der Waals surface area contributed by atoms with E-state index in [-0.39, 0.29) is 41.8 Å². The molecular formula is C14H29ClN2O2. The fraction of sp³-hybridized carbons (Fsp3) is 0.929. The number of carbonyl (C=O) groups is 1. The molecule has 4 nitrogen and oxygen atoms in total. The van der Waals surface area contributed by atoms with Crippen LogP contribution in [0, 0.1) is 17.3 Å². The molecule has 1 aliphatic rings. The van der Waals surface area contributed by atoms with Crippen LogP contribution in [0.2, 0.25) is 0 Å². The van der Waals surface area contributed by atoms with Crippen LogP contribution in [0.4, 0.5) is 0 Å². The van der Waals surface area contributed by atoms with E-state index in [1.165, 1.54) is 0 Å². The number of nitrogens with two attached hydrogens (primary N) is 1. The van der Waals surface area contributed by atoms with Crippen molar-refractivity contribution in [1.29, 1.82) is 0 Å². The van der Waals surface area contributed by atoms with Gasteiger partial charge in [-0.1, -0.05) is 41.0 Å². The van der Waals surface area contributed by atoms with E-state index < -0.39 is 6.04 Å². The molecule has 0 aromatic carbocycles. The molecule has 19 heavy (non-hydrogen) atoms. The minimum Gasteiger partial charge on any atom is -0.380 e. The van der Waals surface area contributed by atoms with Crippen LogP contribution in [0.1, 0.15) is 41.0 Å². The summed E-state index contributed by atoms with van der Waals surface area (Å²) in [5.74, 6) is 0.503. The molecular weight excluding hydrogens is 264 g/mol. The zero-order chi connectivity index (χ0) is 14.1. The predicted molar refractivity (Wildman–Crippen MR) is 80.4 cm³/mol. The second-order valence-electron chi connectivity index (χ2n) is 6.23. The van der Waals surface area contributed by atoms with Crippen molar-refractivity contribution in [3.8, 4) is 0 Å². The molecule has 0 saturated heterocycles. The summed E-state index contributed by atoms with van der Waals surface area (Å²) >= 11 is 0. The second-order valence-corrected chi connectivity index (χ2v) is 6.23. The fourth-order valence-electron chi connectivity index (χ4n) is 3.19. The van der Waals surface area contributed by atoms with Gasteiger partial charge in [-0.2, -0.15) is 0 Å². The molecule has 5 heteroatoms. The second kappa shape index (κ2) is 6.91. The number of nitrogens with one attached hydrogen (secondary N) is 1. The smallest absolute Gasteiger partial charge is 0.237 e. The maximum absolute atomic E-state index is 12.1. The summed E-state index contributed by atoms with van der Waals surface area (Å²) in [4.78, 5) is 12.1. The van der Waals surface area contributed by atoms with Gasteiger partial charge in [0.1, 0.15) is 0 Å². The SMILES string of the molecule is CCC(C)C(N)C(=O)NC1C(C)C(OC)C1(C)C.Cl. The molecule has 5 unspecified atom stereocenters. The van der Waals surface area contributed by atoms with Crippen LogP contribution in [0.15, 0.2) is 0 Å². The van der Waals surface area contributed by atoms with Gasteiger partial charge in [-0.05, 0) is 5.92 Å². The Kier molecular flexibility index (Phi) is 6.79. The number of rotatable bonds is 5.